The summed E-state index contributed by atoms with van der Waals surface area (Å²) in [5, 5.41) is 6.76. The molecule has 1 unspecified atom stereocenters. The van der Waals surface area contributed by atoms with Gasteiger partial charge in [0.2, 0.25) is 0 Å². The monoisotopic (exact) mass is 171 g/mol. The molecule has 0 aromatic carbocycles. The summed E-state index contributed by atoms with van der Waals surface area (Å²) in [6, 6.07) is 0.724. The van der Waals surface area contributed by atoms with E-state index >= 15 is 0 Å². The Kier molecular flexibility index (Phi) is 4.58. The first-order valence-electron chi connectivity index (χ1n) is 4.89. The molecule has 1 fully saturated rings. The van der Waals surface area contributed by atoms with Crippen molar-refractivity contribution in [2.24, 2.45) is 0 Å². The number of rotatable bonds is 3. The summed E-state index contributed by atoms with van der Waals surface area (Å²) in [6.45, 7) is 4.70. The van der Waals surface area contributed by atoms with E-state index in [0.717, 1.165) is 19.1 Å². The predicted octanol–water partition coefficient (Wildman–Crippen LogP) is -0.110. The summed E-state index contributed by atoms with van der Waals surface area (Å²) < 4.78 is 0. The van der Waals surface area contributed by atoms with Gasteiger partial charge in [0.1, 0.15) is 0 Å². The van der Waals surface area contributed by atoms with Gasteiger partial charge in [0.15, 0.2) is 0 Å². The van der Waals surface area contributed by atoms with Crippen LogP contribution in [0.3, 0.4) is 0 Å². The van der Waals surface area contributed by atoms with Crippen molar-refractivity contribution in [3.05, 3.63) is 0 Å². The molecule has 0 aromatic heterocycles. The smallest absolute Gasteiger partial charge is 0.0104 e. The summed E-state index contributed by atoms with van der Waals surface area (Å²) in [7, 11) is 4.21. The van der Waals surface area contributed by atoms with Crippen LogP contribution in [0.1, 0.15) is 12.8 Å². The summed E-state index contributed by atoms with van der Waals surface area (Å²) in [5.41, 5.74) is 0. The van der Waals surface area contributed by atoms with Gasteiger partial charge in [-0.25, -0.2) is 0 Å². The molecule has 1 rings (SSSR count). The average molecular weight is 171 g/mol. The minimum atomic E-state index is 0.724. The highest BCUT2D eigenvalue weighted by molar-refractivity contribution is 4.73. The van der Waals surface area contributed by atoms with E-state index in [0.29, 0.717) is 0 Å². The predicted molar refractivity (Wildman–Crippen MR) is 52.4 cm³/mol. The highest BCUT2D eigenvalue weighted by atomic mass is 15.1. The van der Waals surface area contributed by atoms with Crippen LogP contribution in [0, 0.1) is 0 Å². The summed E-state index contributed by atoms with van der Waals surface area (Å²) in [4.78, 5) is 2.40. The molecule has 0 bridgehead atoms. The Balaban J connectivity index is 2.17. The fourth-order valence-corrected chi connectivity index (χ4v) is 1.61. The third kappa shape index (κ3) is 3.52. The Bertz CT molecular complexity index is 114. The van der Waals surface area contributed by atoms with E-state index in [1.54, 1.807) is 0 Å². The average Bonchev–Trinajstić information content (AvgIpc) is 2.27. The summed E-state index contributed by atoms with van der Waals surface area (Å²) in [6.07, 6.45) is 2.54. The van der Waals surface area contributed by atoms with Crippen molar-refractivity contribution in [3.63, 3.8) is 0 Å². The molecule has 12 heavy (non-hydrogen) atoms. The Labute approximate surface area is 75.5 Å². The van der Waals surface area contributed by atoms with Crippen molar-refractivity contribution < 1.29 is 0 Å². The standard InChI is InChI=1S/C9H21N3/c1-10-5-3-9-4-7-12(2)8-6-11-9/h9-11H,3-8H2,1-2H3. The maximum absolute atomic E-state index is 3.57. The van der Waals surface area contributed by atoms with Crippen molar-refractivity contribution in [1.29, 1.82) is 0 Å². The van der Waals surface area contributed by atoms with Crippen LogP contribution >= 0.6 is 0 Å². The lowest BCUT2D eigenvalue weighted by Gasteiger charge is -2.14. The molecule has 72 valence electrons. The zero-order valence-corrected chi connectivity index (χ0v) is 8.27. The van der Waals surface area contributed by atoms with Gasteiger partial charge in [0.25, 0.3) is 0 Å². The fraction of sp³-hybridized carbons (Fsp3) is 1.00. The fourth-order valence-electron chi connectivity index (χ4n) is 1.61. The van der Waals surface area contributed by atoms with Crippen LogP contribution in [0.25, 0.3) is 0 Å². The van der Waals surface area contributed by atoms with Crippen LogP contribution in [-0.4, -0.2) is 51.2 Å². The quantitative estimate of drug-likeness (QED) is 0.620. The zero-order chi connectivity index (χ0) is 8.81. The van der Waals surface area contributed by atoms with Gasteiger partial charge < -0.3 is 15.5 Å². The topological polar surface area (TPSA) is 27.3 Å². The number of hydrogen-bond donors (Lipinski definition) is 2. The van der Waals surface area contributed by atoms with Crippen molar-refractivity contribution in [2.75, 3.05) is 40.3 Å². The summed E-state index contributed by atoms with van der Waals surface area (Å²) >= 11 is 0. The van der Waals surface area contributed by atoms with Crippen LogP contribution in [0.5, 0.6) is 0 Å². The van der Waals surface area contributed by atoms with Gasteiger partial charge in [0.05, 0.1) is 0 Å². The van der Waals surface area contributed by atoms with E-state index in [-0.39, 0.29) is 0 Å². The van der Waals surface area contributed by atoms with Gasteiger partial charge in [-0.15, -0.1) is 0 Å². The minimum absolute atomic E-state index is 0.724. The number of nitrogens with zero attached hydrogens (tertiary/aromatic N) is 1. The van der Waals surface area contributed by atoms with Crippen molar-refractivity contribution >= 4 is 0 Å². The van der Waals surface area contributed by atoms with E-state index < -0.39 is 0 Å². The molecule has 0 aromatic rings. The largest absolute Gasteiger partial charge is 0.320 e. The van der Waals surface area contributed by atoms with Crippen LogP contribution < -0.4 is 10.6 Å². The van der Waals surface area contributed by atoms with Crippen molar-refractivity contribution in [3.8, 4) is 0 Å². The first kappa shape index (κ1) is 9.96. The molecule has 0 saturated carbocycles. The first-order chi connectivity index (χ1) is 5.83. The lowest BCUT2D eigenvalue weighted by Crippen LogP contribution is -2.32. The highest BCUT2D eigenvalue weighted by Gasteiger charge is 2.12. The van der Waals surface area contributed by atoms with E-state index in [1.165, 1.54) is 25.9 Å². The Morgan fingerprint density at radius 3 is 3.08 bits per heavy atom. The Morgan fingerprint density at radius 2 is 2.33 bits per heavy atom. The van der Waals surface area contributed by atoms with Crippen molar-refractivity contribution in [1.82, 2.24) is 15.5 Å². The van der Waals surface area contributed by atoms with E-state index in [1.807, 2.05) is 7.05 Å². The van der Waals surface area contributed by atoms with E-state index in [9.17, 15) is 0 Å². The molecular weight excluding hydrogens is 150 g/mol. The lowest BCUT2D eigenvalue weighted by molar-refractivity contribution is 0.353. The molecule has 3 heteroatoms. The molecule has 0 amide bonds. The number of hydrogen-bond acceptors (Lipinski definition) is 3. The van der Waals surface area contributed by atoms with Gasteiger partial charge in [-0.05, 0) is 40.0 Å². The third-order valence-electron chi connectivity index (χ3n) is 2.53. The molecule has 0 radical (unpaired) electrons. The SMILES string of the molecule is CNCCC1CCN(C)CCN1. The van der Waals surface area contributed by atoms with Crippen molar-refractivity contribution in [2.45, 2.75) is 18.9 Å². The van der Waals surface area contributed by atoms with Crippen LogP contribution in [-0.2, 0) is 0 Å². The molecule has 1 heterocycles. The van der Waals surface area contributed by atoms with Gasteiger partial charge in [-0.3, -0.25) is 0 Å². The molecule has 0 aliphatic carbocycles. The molecule has 1 aliphatic rings. The second kappa shape index (κ2) is 5.51. The molecule has 1 saturated heterocycles. The molecule has 0 spiro atoms. The molecule has 1 atom stereocenters. The van der Waals surface area contributed by atoms with Gasteiger partial charge in [-0.1, -0.05) is 0 Å². The zero-order valence-electron chi connectivity index (χ0n) is 8.27. The maximum Gasteiger partial charge on any atom is 0.0104 e. The normalized spacial score (nSPS) is 27.0. The second-order valence-electron chi connectivity index (χ2n) is 3.64. The van der Waals surface area contributed by atoms with Gasteiger partial charge in [-0.2, -0.15) is 0 Å². The van der Waals surface area contributed by atoms with Crippen LogP contribution in [0.15, 0.2) is 0 Å². The van der Waals surface area contributed by atoms with E-state index in [4.69, 9.17) is 0 Å². The Morgan fingerprint density at radius 1 is 1.50 bits per heavy atom. The number of likely N-dealkylation sites (N-methyl/N-ethyl adjacent to an activating group) is 1. The molecular formula is C9H21N3. The second-order valence-corrected chi connectivity index (χ2v) is 3.64. The van der Waals surface area contributed by atoms with Crippen LogP contribution in [0.2, 0.25) is 0 Å². The Hall–Kier alpha value is -0.120. The third-order valence-corrected chi connectivity index (χ3v) is 2.53. The van der Waals surface area contributed by atoms with Crippen LogP contribution in [0.4, 0.5) is 0 Å². The number of nitrogens with one attached hydrogen (secondary N) is 2. The van der Waals surface area contributed by atoms with E-state index in [2.05, 4.69) is 22.6 Å². The minimum Gasteiger partial charge on any atom is -0.320 e. The first-order valence-corrected chi connectivity index (χ1v) is 4.89. The maximum atomic E-state index is 3.57. The molecule has 3 nitrogen and oxygen atoms in total. The highest BCUT2D eigenvalue weighted by Crippen LogP contribution is 2.02. The lowest BCUT2D eigenvalue weighted by atomic mass is 10.1. The summed E-state index contributed by atoms with van der Waals surface area (Å²) in [5.74, 6) is 0. The van der Waals surface area contributed by atoms with Gasteiger partial charge in [0, 0.05) is 19.1 Å². The molecule has 2 N–H and O–H groups in total. The molecule has 1 aliphatic heterocycles. The van der Waals surface area contributed by atoms with Gasteiger partial charge >= 0.3 is 0 Å².